The van der Waals surface area contributed by atoms with Gasteiger partial charge in [0.25, 0.3) is 0 Å². The van der Waals surface area contributed by atoms with E-state index in [4.69, 9.17) is 4.84 Å². The van der Waals surface area contributed by atoms with Crippen LogP contribution in [0.5, 0.6) is 0 Å². The molecular formula is C8H17NO2. The van der Waals surface area contributed by atoms with Gasteiger partial charge in [-0.1, -0.05) is 20.3 Å². The zero-order valence-electron chi connectivity index (χ0n) is 7.76. The molecule has 0 N–H and O–H groups in total. The molecule has 0 spiro atoms. The summed E-state index contributed by atoms with van der Waals surface area (Å²) < 4.78 is 0. The number of nitrogens with zero attached hydrogens (tertiary/aromatic N) is 1. The van der Waals surface area contributed by atoms with Crippen LogP contribution in [0.25, 0.3) is 0 Å². The van der Waals surface area contributed by atoms with Crippen molar-refractivity contribution in [1.82, 2.24) is 5.06 Å². The van der Waals surface area contributed by atoms with E-state index in [0.717, 1.165) is 12.8 Å². The Labute approximate surface area is 68.3 Å². The molecule has 11 heavy (non-hydrogen) atoms. The van der Waals surface area contributed by atoms with Crippen molar-refractivity contribution in [3.63, 3.8) is 0 Å². The Hall–Kier alpha value is -0.570. The third-order valence-electron chi connectivity index (χ3n) is 1.73. The van der Waals surface area contributed by atoms with Gasteiger partial charge in [0.1, 0.15) is 0 Å². The molecule has 0 aromatic rings. The van der Waals surface area contributed by atoms with E-state index in [-0.39, 0.29) is 11.8 Å². The van der Waals surface area contributed by atoms with Crippen LogP contribution >= 0.6 is 0 Å². The summed E-state index contributed by atoms with van der Waals surface area (Å²) in [5, 5.41) is 1.28. The average molecular weight is 159 g/mol. The van der Waals surface area contributed by atoms with Gasteiger partial charge in [0.15, 0.2) is 0 Å². The molecule has 1 amide bonds. The van der Waals surface area contributed by atoms with Crippen molar-refractivity contribution in [3.8, 4) is 0 Å². The van der Waals surface area contributed by atoms with Crippen LogP contribution < -0.4 is 0 Å². The second-order valence-corrected chi connectivity index (χ2v) is 2.71. The van der Waals surface area contributed by atoms with Crippen molar-refractivity contribution in [2.45, 2.75) is 26.7 Å². The van der Waals surface area contributed by atoms with Crippen LogP contribution in [-0.4, -0.2) is 25.1 Å². The van der Waals surface area contributed by atoms with Crippen LogP contribution in [-0.2, 0) is 9.63 Å². The number of hydrogen-bond acceptors (Lipinski definition) is 2. The lowest BCUT2D eigenvalue weighted by Gasteiger charge is -2.17. The van der Waals surface area contributed by atoms with Crippen LogP contribution in [0.4, 0.5) is 0 Å². The van der Waals surface area contributed by atoms with Gasteiger partial charge in [0.05, 0.1) is 7.11 Å². The lowest BCUT2D eigenvalue weighted by atomic mass is 10.1. The Kier molecular flexibility index (Phi) is 4.86. The van der Waals surface area contributed by atoms with Crippen molar-refractivity contribution in [1.29, 1.82) is 0 Å². The molecule has 0 aromatic heterocycles. The van der Waals surface area contributed by atoms with Gasteiger partial charge in [-0.2, -0.15) is 0 Å². The van der Waals surface area contributed by atoms with Crippen LogP contribution in [0.2, 0.25) is 0 Å². The van der Waals surface area contributed by atoms with Gasteiger partial charge in [-0.05, 0) is 6.42 Å². The Bertz CT molecular complexity index is 125. The second kappa shape index (κ2) is 5.13. The smallest absolute Gasteiger partial charge is 0.248 e. The lowest BCUT2D eigenvalue weighted by Crippen LogP contribution is -2.30. The minimum atomic E-state index is 0.0503. The minimum absolute atomic E-state index is 0.0503. The summed E-state index contributed by atoms with van der Waals surface area (Å²) >= 11 is 0. The Morgan fingerprint density at radius 2 is 2.18 bits per heavy atom. The Morgan fingerprint density at radius 3 is 2.55 bits per heavy atom. The van der Waals surface area contributed by atoms with Crippen LogP contribution in [0.15, 0.2) is 0 Å². The highest BCUT2D eigenvalue weighted by Gasteiger charge is 2.15. The Morgan fingerprint density at radius 1 is 1.64 bits per heavy atom. The number of carbonyl (C=O) groups is 1. The molecule has 0 aromatic carbocycles. The molecule has 0 fully saturated rings. The first kappa shape index (κ1) is 10.4. The van der Waals surface area contributed by atoms with Crippen LogP contribution in [0.3, 0.4) is 0 Å². The zero-order chi connectivity index (χ0) is 8.85. The van der Waals surface area contributed by atoms with E-state index >= 15 is 0 Å². The van der Waals surface area contributed by atoms with Crippen molar-refractivity contribution in [2.75, 3.05) is 14.2 Å². The number of rotatable bonds is 4. The molecule has 0 radical (unpaired) electrons. The highest BCUT2D eigenvalue weighted by molar-refractivity contribution is 5.77. The highest BCUT2D eigenvalue weighted by atomic mass is 16.7. The van der Waals surface area contributed by atoms with Crippen molar-refractivity contribution in [3.05, 3.63) is 0 Å². The summed E-state index contributed by atoms with van der Waals surface area (Å²) in [6.45, 7) is 3.98. The standard InChI is InChI=1S/C8H17NO2/c1-5-6-7(2)8(10)9(3)11-4/h7H,5-6H2,1-4H3/t7-/m0/s1. The van der Waals surface area contributed by atoms with Crippen LogP contribution in [0, 0.1) is 5.92 Å². The normalized spacial score (nSPS) is 12.7. The molecule has 0 aliphatic rings. The van der Waals surface area contributed by atoms with Crippen molar-refractivity contribution < 1.29 is 9.63 Å². The quantitative estimate of drug-likeness (QED) is 0.581. The second-order valence-electron chi connectivity index (χ2n) is 2.71. The van der Waals surface area contributed by atoms with E-state index in [2.05, 4.69) is 6.92 Å². The maximum atomic E-state index is 11.3. The predicted molar refractivity (Wildman–Crippen MR) is 43.9 cm³/mol. The van der Waals surface area contributed by atoms with E-state index in [1.54, 1.807) is 7.05 Å². The maximum absolute atomic E-state index is 11.3. The molecule has 3 heteroatoms. The first-order valence-electron chi connectivity index (χ1n) is 3.95. The molecule has 66 valence electrons. The molecule has 0 bridgehead atoms. The molecule has 1 atom stereocenters. The average Bonchev–Trinajstić information content (AvgIpc) is 2.02. The van der Waals surface area contributed by atoms with Gasteiger partial charge in [-0.3, -0.25) is 9.63 Å². The summed E-state index contributed by atoms with van der Waals surface area (Å²) in [5.41, 5.74) is 0. The van der Waals surface area contributed by atoms with Crippen molar-refractivity contribution >= 4 is 5.91 Å². The monoisotopic (exact) mass is 159 g/mol. The van der Waals surface area contributed by atoms with Gasteiger partial charge in [-0.25, -0.2) is 5.06 Å². The Balaban J connectivity index is 3.81. The fraction of sp³-hybridized carbons (Fsp3) is 0.875. The summed E-state index contributed by atoms with van der Waals surface area (Å²) in [7, 11) is 3.13. The number of hydrogen-bond donors (Lipinski definition) is 0. The van der Waals surface area contributed by atoms with Gasteiger partial charge in [0, 0.05) is 13.0 Å². The summed E-state index contributed by atoms with van der Waals surface area (Å²) in [4.78, 5) is 16.0. The molecule has 0 aliphatic carbocycles. The fourth-order valence-corrected chi connectivity index (χ4v) is 0.957. The van der Waals surface area contributed by atoms with Crippen molar-refractivity contribution in [2.24, 2.45) is 5.92 Å². The summed E-state index contributed by atoms with van der Waals surface area (Å²) in [5.74, 6) is 0.124. The highest BCUT2D eigenvalue weighted by Crippen LogP contribution is 2.07. The maximum Gasteiger partial charge on any atom is 0.248 e. The number of carbonyl (C=O) groups excluding carboxylic acids is 1. The zero-order valence-corrected chi connectivity index (χ0v) is 7.76. The molecule has 0 heterocycles. The largest absolute Gasteiger partial charge is 0.275 e. The van der Waals surface area contributed by atoms with Gasteiger partial charge < -0.3 is 0 Å². The predicted octanol–water partition coefficient (Wildman–Crippen LogP) is 1.44. The minimum Gasteiger partial charge on any atom is -0.275 e. The molecule has 0 unspecified atom stereocenters. The van der Waals surface area contributed by atoms with E-state index < -0.39 is 0 Å². The van der Waals surface area contributed by atoms with Gasteiger partial charge in [-0.15, -0.1) is 0 Å². The molecule has 0 saturated heterocycles. The topological polar surface area (TPSA) is 29.5 Å². The number of hydroxylamine groups is 2. The fourth-order valence-electron chi connectivity index (χ4n) is 0.957. The van der Waals surface area contributed by atoms with Crippen LogP contribution in [0.1, 0.15) is 26.7 Å². The van der Waals surface area contributed by atoms with E-state index in [1.807, 2.05) is 6.92 Å². The first-order valence-corrected chi connectivity index (χ1v) is 3.95. The molecule has 3 nitrogen and oxygen atoms in total. The lowest BCUT2D eigenvalue weighted by molar-refractivity contribution is -0.173. The number of amides is 1. The first-order chi connectivity index (χ1) is 5.13. The molecular weight excluding hydrogens is 142 g/mol. The van der Waals surface area contributed by atoms with E-state index in [1.165, 1.54) is 12.2 Å². The van der Waals surface area contributed by atoms with E-state index in [0.29, 0.717) is 0 Å². The summed E-state index contributed by atoms with van der Waals surface area (Å²) in [6.07, 6.45) is 1.96. The molecule has 0 rings (SSSR count). The van der Waals surface area contributed by atoms with E-state index in [9.17, 15) is 4.79 Å². The third-order valence-corrected chi connectivity index (χ3v) is 1.73. The molecule has 0 saturated carbocycles. The molecule has 0 aliphatic heterocycles. The van der Waals surface area contributed by atoms with Gasteiger partial charge >= 0.3 is 0 Å². The summed E-state index contributed by atoms with van der Waals surface area (Å²) in [6, 6.07) is 0. The third kappa shape index (κ3) is 3.37. The SMILES string of the molecule is CCC[C@H](C)C(=O)N(C)OC. The van der Waals surface area contributed by atoms with Gasteiger partial charge in [0.2, 0.25) is 5.91 Å².